The average molecular weight is 181 g/mol. The van der Waals surface area contributed by atoms with E-state index < -0.39 is 10.2 Å². The molecule has 0 rings (SSSR count). The van der Waals surface area contributed by atoms with Gasteiger partial charge in [-0.1, -0.05) is 0 Å². The maximum Gasteiger partial charge on any atom is 0.499 e. The third kappa shape index (κ3) is 6.27. The Kier molecular flexibility index (Phi) is 2.80. The minimum Gasteiger partial charge on any atom is -0.389 e. The van der Waals surface area contributed by atoms with E-state index in [0.717, 1.165) is 0 Å². The number of rotatable bonds is 0. The molecule has 0 fully saturated rings. The molecule has 48 valence electrons. The maximum absolute atomic E-state index is 11.1. The molecule has 8 heavy (non-hydrogen) atoms. The number of hydrogen-bond acceptors (Lipinski definition) is 2. The highest BCUT2D eigenvalue weighted by atomic mass is 35.6. The van der Waals surface area contributed by atoms with E-state index in [4.69, 9.17) is 34.8 Å². The largest absolute Gasteiger partial charge is 0.499 e. The molecule has 0 aromatic carbocycles. The molecule has 0 saturated heterocycles. The average Bonchev–Trinajstić information content (AvgIpc) is 1.21. The molecule has 0 N–H and O–H groups in total. The molecule has 0 aliphatic carbocycles. The van der Waals surface area contributed by atoms with E-state index in [1.54, 1.807) is 0 Å². The molecule has 0 unspecified atom stereocenters. The third-order valence-corrected chi connectivity index (χ3v) is 0.427. The fourth-order valence-corrected chi connectivity index (χ4v) is 0.273. The van der Waals surface area contributed by atoms with Gasteiger partial charge in [-0.15, -0.1) is 4.39 Å². The van der Waals surface area contributed by atoms with Crippen molar-refractivity contribution < 1.29 is 13.9 Å². The minimum absolute atomic E-state index is 2.12. The molecule has 0 saturated carbocycles. The van der Waals surface area contributed by atoms with Crippen molar-refractivity contribution in [2.75, 3.05) is 0 Å². The van der Waals surface area contributed by atoms with Crippen LogP contribution in [0.1, 0.15) is 0 Å². The summed E-state index contributed by atoms with van der Waals surface area (Å²) in [6.07, 6.45) is -2.12. The second-order valence-corrected chi connectivity index (χ2v) is 2.96. The van der Waals surface area contributed by atoms with E-state index in [1.165, 1.54) is 0 Å². The van der Waals surface area contributed by atoms with Gasteiger partial charge in [-0.3, -0.25) is 0 Å². The number of carbonyl (C=O) groups is 1. The van der Waals surface area contributed by atoms with Crippen molar-refractivity contribution in [3.63, 3.8) is 0 Å². The van der Waals surface area contributed by atoms with E-state index in [-0.39, 0.29) is 0 Å². The van der Waals surface area contributed by atoms with Crippen LogP contribution in [-0.2, 0) is 4.74 Å². The smallest absolute Gasteiger partial charge is 0.389 e. The SMILES string of the molecule is O=C(F)OC(Cl)(Cl)Cl. The van der Waals surface area contributed by atoms with Gasteiger partial charge in [-0.05, 0) is 34.8 Å². The molecule has 0 spiro atoms. The molecule has 0 aromatic rings. The molecule has 0 bridgehead atoms. The summed E-state index contributed by atoms with van der Waals surface area (Å²) >= 11 is 14.3. The fraction of sp³-hybridized carbons (Fsp3) is 0.500. The van der Waals surface area contributed by atoms with Crippen LogP contribution in [0, 0.1) is 0 Å². The van der Waals surface area contributed by atoms with Crippen molar-refractivity contribution in [3.8, 4) is 0 Å². The molecule has 2 nitrogen and oxygen atoms in total. The van der Waals surface area contributed by atoms with Crippen molar-refractivity contribution in [2.45, 2.75) is 3.98 Å². The van der Waals surface area contributed by atoms with Crippen LogP contribution in [0.3, 0.4) is 0 Å². The zero-order valence-electron chi connectivity index (χ0n) is 3.33. The highest BCUT2D eigenvalue weighted by Crippen LogP contribution is 2.27. The van der Waals surface area contributed by atoms with Crippen LogP contribution in [0.5, 0.6) is 0 Å². The lowest BCUT2D eigenvalue weighted by atomic mass is 11.4. The Morgan fingerprint density at radius 2 is 1.88 bits per heavy atom. The number of hydrogen-bond donors (Lipinski definition) is 0. The summed E-state index contributed by atoms with van der Waals surface area (Å²) in [4.78, 5) is 9.32. The number of ether oxygens (including phenoxy) is 1. The van der Waals surface area contributed by atoms with Gasteiger partial charge in [0.05, 0.1) is 0 Å². The molecule has 0 amide bonds. The first-order valence-electron chi connectivity index (χ1n) is 1.37. The van der Waals surface area contributed by atoms with Crippen molar-refractivity contribution >= 4 is 41.0 Å². The first-order chi connectivity index (χ1) is 3.42. The monoisotopic (exact) mass is 180 g/mol. The summed E-state index contributed by atoms with van der Waals surface area (Å²) < 4.78 is 12.2. The summed E-state index contributed by atoms with van der Waals surface area (Å²) in [6.45, 7) is 0. The minimum atomic E-state index is -2.29. The second kappa shape index (κ2) is 2.71. The number of halogens is 4. The van der Waals surface area contributed by atoms with E-state index in [0.29, 0.717) is 0 Å². The van der Waals surface area contributed by atoms with Crippen LogP contribution in [0.15, 0.2) is 0 Å². The van der Waals surface area contributed by atoms with Gasteiger partial charge in [0.1, 0.15) is 0 Å². The number of alkyl halides is 3. The standard InChI is InChI=1S/C2Cl3FO2/c3-2(4,5)8-1(6)7. The summed E-state index contributed by atoms with van der Waals surface area (Å²) in [5, 5.41) is 0. The first kappa shape index (κ1) is 8.27. The predicted octanol–water partition coefficient (Wildman–Crippen LogP) is 2.42. The molecular formula is C2Cl3FO2. The van der Waals surface area contributed by atoms with Gasteiger partial charge in [-0.25, -0.2) is 4.79 Å². The molecule has 6 heteroatoms. The van der Waals surface area contributed by atoms with Crippen molar-refractivity contribution in [1.29, 1.82) is 0 Å². The highest BCUT2D eigenvalue weighted by Gasteiger charge is 2.24. The van der Waals surface area contributed by atoms with Gasteiger partial charge in [-0.2, -0.15) is 0 Å². The van der Waals surface area contributed by atoms with Crippen LogP contribution >= 0.6 is 34.8 Å². The summed E-state index contributed by atoms with van der Waals surface area (Å²) in [7, 11) is 0. The van der Waals surface area contributed by atoms with Crippen LogP contribution in [0.25, 0.3) is 0 Å². The summed E-state index contributed by atoms with van der Waals surface area (Å²) in [6, 6.07) is 0. The van der Waals surface area contributed by atoms with Gasteiger partial charge in [0.25, 0.3) is 0 Å². The molecule has 0 atom stereocenters. The van der Waals surface area contributed by atoms with E-state index in [2.05, 4.69) is 4.74 Å². The summed E-state index contributed by atoms with van der Waals surface area (Å²) in [5.74, 6) is 0. The van der Waals surface area contributed by atoms with Crippen molar-refractivity contribution in [1.82, 2.24) is 0 Å². The van der Waals surface area contributed by atoms with Crippen LogP contribution in [0.2, 0.25) is 0 Å². The van der Waals surface area contributed by atoms with Crippen LogP contribution in [-0.4, -0.2) is 10.2 Å². The van der Waals surface area contributed by atoms with Crippen LogP contribution in [0.4, 0.5) is 9.18 Å². The topological polar surface area (TPSA) is 26.3 Å². The normalized spacial score (nSPS) is 11.0. The summed E-state index contributed by atoms with van der Waals surface area (Å²) in [5.41, 5.74) is 0. The molecule has 0 aromatic heterocycles. The Morgan fingerprint density at radius 1 is 1.50 bits per heavy atom. The zero-order chi connectivity index (χ0) is 6.78. The third-order valence-electron chi connectivity index (χ3n) is 0.196. The Hall–Kier alpha value is 0.270. The lowest BCUT2D eigenvalue weighted by Gasteiger charge is -2.05. The maximum atomic E-state index is 11.1. The lowest BCUT2D eigenvalue weighted by molar-refractivity contribution is 0.118. The molecule has 0 heterocycles. The van der Waals surface area contributed by atoms with Gasteiger partial charge >= 0.3 is 10.2 Å². The molecular weight excluding hydrogens is 181 g/mol. The predicted molar refractivity (Wildman–Crippen MR) is 27.9 cm³/mol. The Morgan fingerprint density at radius 3 is 1.88 bits per heavy atom. The van der Waals surface area contributed by atoms with Crippen molar-refractivity contribution in [3.05, 3.63) is 0 Å². The van der Waals surface area contributed by atoms with E-state index in [1.807, 2.05) is 0 Å². The molecule has 0 radical (unpaired) electrons. The quantitative estimate of drug-likeness (QED) is 0.424. The zero-order valence-corrected chi connectivity index (χ0v) is 5.60. The van der Waals surface area contributed by atoms with E-state index in [9.17, 15) is 9.18 Å². The Labute approximate surface area is 59.5 Å². The molecule has 0 aliphatic heterocycles. The highest BCUT2D eigenvalue weighted by molar-refractivity contribution is 6.66. The number of carbonyl (C=O) groups excluding carboxylic acids is 1. The van der Waals surface area contributed by atoms with Gasteiger partial charge in [0.15, 0.2) is 0 Å². The lowest BCUT2D eigenvalue weighted by Crippen LogP contribution is -2.10. The molecule has 0 aliphatic rings. The van der Waals surface area contributed by atoms with Crippen LogP contribution < -0.4 is 0 Å². The second-order valence-electron chi connectivity index (χ2n) is 0.785. The fourth-order valence-electron chi connectivity index (χ4n) is 0.0910. The van der Waals surface area contributed by atoms with E-state index >= 15 is 0 Å². The van der Waals surface area contributed by atoms with Crippen molar-refractivity contribution in [2.24, 2.45) is 0 Å². The van der Waals surface area contributed by atoms with Gasteiger partial charge in [0.2, 0.25) is 0 Å². The first-order valence-corrected chi connectivity index (χ1v) is 2.50. The Balaban J connectivity index is 3.55. The van der Waals surface area contributed by atoms with Gasteiger partial charge < -0.3 is 4.74 Å². The Bertz CT molecular complexity index is 97.9. The van der Waals surface area contributed by atoms with Gasteiger partial charge in [0, 0.05) is 0 Å².